The summed E-state index contributed by atoms with van der Waals surface area (Å²) in [6.07, 6.45) is 3.91. The van der Waals surface area contributed by atoms with E-state index < -0.39 is 27.7 Å². The number of halogens is 1. The first-order valence-corrected chi connectivity index (χ1v) is 18.4. The fourth-order valence-corrected chi connectivity index (χ4v) is 8.89. The molecule has 5 rings (SSSR count). The van der Waals surface area contributed by atoms with Gasteiger partial charge in [-0.1, -0.05) is 11.6 Å². The van der Waals surface area contributed by atoms with Crippen LogP contribution in [0, 0.1) is 11.8 Å². The molecule has 47 heavy (non-hydrogen) atoms. The van der Waals surface area contributed by atoms with Crippen LogP contribution in [0.1, 0.15) is 52.9 Å². The summed E-state index contributed by atoms with van der Waals surface area (Å²) in [6, 6.07) is 10.1. The van der Waals surface area contributed by atoms with Crippen LogP contribution in [0.4, 0.5) is 16.3 Å². The molecular formula is C32H40ClN5O7S2. The van der Waals surface area contributed by atoms with Gasteiger partial charge in [0.2, 0.25) is 15.9 Å². The van der Waals surface area contributed by atoms with Crippen molar-refractivity contribution in [1.29, 1.82) is 0 Å². The molecule has 1 aliphatic carbocycles. The summed E-state index contributed by atoms with van der Waals surface area (Å²) in [6.45, 7) is 6.98. The molecule has 3 fully saturated rings. The molecule has 254 valence electrons. The SMILES string of the molecule is CC(C)(C)OC(=O)N=CC1CC(=O)N(c2ccc(S(=O)(=O)N3CCN(c4cc(SC5CCC(C(=O)O)CC5)cc(Cl)n4)CC3)cc2)C1. The summed E-state index contributed by atoms with van der Waals surface area (Å²) >= 11 is 8.06. The number of carbonyl (C=O) groups is 3. The van der Waals surface area contributed by atoms with Crippen LogP contribution in [0.15, 0.2) is 51.2 Å². The largest absolute Gasteiger partial charge is 0.481 e. The molecule has 2 amide bonds. The molecule has 1 atom stereocenters. The van der Waals surface area contributed by atoms with Crippen molar-refractivity contribution in [2.24, 2.45) is 16.8 Å². The molecule has 12 nitrogen and oxygen atoms in total. The number of ether oxygens (including phenoxy) is 1. The summed E-state index contributed by atoms with van der Waals surface area (Å²) < 4.78 is 33.7. The maximum Gasteiger partial charge on any atom is 0.433 e. The molecule has 1 N–H and O–H groups in total. The van der Waals surface area contributed by atoms with Crippen molar-refractivity contribution in [3.05, 3.63) is 41.6 Å². The predicted molar refractivity (Wildman–Crippen MR) is 181 cm³/mol. The van der Waals surface area contributed by atoms with E-state index in [1.807, 2.05) is 17.0 Å². The summed E-state index contributed by atoms with van der Waals surface area (Å²) in [5.41, 5.74) is -0.0896. The lowest BCUT2D eigenvalue weighted by Crippen LogP contribution is -2.48. The highest BCUT2D eigenvalue weighted by molar-refractivity contribution is 8.00. The van der Waals surface area contributed by atoms with Crippen LogP contribution in [0.25, 0.3) is 0 Å². The highest BCUT2D eigenvalue weighted by Crippen LogP contribution is 2.38. The summed E-state index contributed by atoms with van der Waals surface area (Å²) in [5, 5.41) is 9.95. The molecule has 2 saturated heterocycles. The number of aliphatic carboxylic acids is 1. The third-order valence-corrected chi connectivity index (χ3v) is 11.8. The maximum absolute atomic E-state index is 13.5. The van der Waals surface area contributed by atoms with Crippen LogP contribution in [-0.4, -0.2) is 90.6 Å². The van der Waals surface area contributed by atoms with E-state index in [9.17, 15) is 27.9 Å². The summed E-state index contributed by atoms with van der Waals surface area (Å²) in [7, 11) is -3.77. The Kier molecular flexibility index (Phi) is 10.8. The first-order valence-electron chi connectivity index (χ1n) is 15.7. The number of anilines is 2. The Balaban J connectivity index is 1.16. The van der Waals surface area contributed by atoms with Gasteiger partial charge in [-0.05, 0) is 82.9 Å². The predicted octanol–water partition coefficient (Wildman–Crippen LogP) is 5.34. The highest BCUT2D eigenvalue weighted by atomic mass is 35.5. The van der Waals surface area contributed by atoms with Crippen molar-refractivity contribution >= 4 is 69.1 Å². The van der Waals surface area contributed by atoms with E-state index in [1.54, 1.807) is 49.6 Å². The van der Waals surface area contributed by atoms with E-state index in [1.165, 1.54) is 22.7 Å². The number of amides is 2. The second-order valence-electron chi connectivity index (χ2n) is 13.0. The van der Waals surface area contributed by atoms with Gasteiger partial charge in [0.15, 0.2) is 0 Å². The molecular weight excluding hydrogens is 666 g/mol. The Morgan fingerprint density at radius 1 is 1.06 bits per heavy atom. The number of carboxylic acids is 1. The average Bonchev–Trinajstić information content (AvgIpc) is 3.39. The van der Waals surface area contributed by atoms with Crippen LogP contribution >= 0.6 is 23.4 Å². The Morgan fingerprint density at radius 2 is 1.72 bits per heavy atom. The Labute approximate surface area is 284 Å². The monoisotopic (exact) mass is 705 g/mol. The molecule has 2 aromatic rings. The van der Waals surface area contributed by atoms with Gasteiger partial charge < -0.3 is 19.6 Å². The van der Waals surface area contributed by atoms with Crippen LogP contribution in [0.5, 0.6) is 0 Å². The van der Waals surface area contributed by atoms with E-state index in [4.69, 9.17) is 16.3 Å². The number of pyridine rings is 1. The molecule has 3 aliphatic rings. The number of carboxylic acid groups (broad SMARTS) is 1. The third-order valence-electron chi connectivity index (χ3n) is 8.37. The zero-order valence-electron chi connectivity index (χ0n) is 26.7. The van der Waals surface area contributed by atoms with Gasteiger partial charge in [-0.3, -0.25) is 9.59 Å². The third kappa shape index (κ3) is 9.04. The van der Waals surface area contributed by atoms with Crippen LogP contribution in [0.2, 0.25) is 5.15 Å². The van der Waals surface area contributed by atoms with E-state index in [-0.39, 0.29) is 42.1 Å². The minimum Gasteiger partial charge on any atom is -0.481 e. The molecule has 1 aromatic heterocycles. The number of thioether (sulfide) groups is 1. The molecule has 0 bridgehead atoms. The molecule has 15 heteroatoms. The van der Waals surface area contributed by atoms with Gasteiger partial charge in [0.05, 0.1) is 10.8 Å². The van der Waals surface area contributed by atoms with E-state index in [0.717, 1.165) is 17.7 Å². The number of benzene rings is 1. The summed E-state index contributed by atoms with van der Waals surface area (Å²) in [4.78, 5) is 48.9. The van der Waals surface area contributed by atoms with Gasteiger partial charge in [-0.15, -0.1) is 11.8 Å². The van der Waals surface area contributed by atoms with E-state index >= 15 is 0 Å². The molecule has 0 spiro atoms. The first-order chi connectivity index (χ1) is 22.2. The number of aromatic nitrogens is 1. The van der Waals surface area contributed by atoms with Gasteiger partial charge in [0, 0.05) is 67.1 Å². The zero-order valence-corrected chi connectivity index (χ0v) is 29.1. The van der Waals surface area contributed by atoms with Crippen molar-refractivity contribution in [3.8, 4) is 0 Å². The Hall–Kier alpha value is -3.20. The quantitative estimate of drug-likeness (QED) is 0.282. The van der Waals surface area contributed by atoms with Crippen molar-refractivity contribution < 1.29 is 32.6 Å². The number of rotatable bonds is 8. The fraction of sp³-hybridized carbons (Fsp3) is 0.531. The number of aliphatic imine (C=N–C) groups is 1. The number of nitrogens with zero attached hydrogens (tertiary/aromatic N) is 5. The average molecular weight is 706 g/mol. The van der Waals surface area contributed by atoms with Crippen molar-refractivity contribution in [2.75, 3.05) is 42.5 Å². The Bertz CT molecular complexity index is 1620. The summed E-state index contributed by atoms with van der Waals surface area (Å²) in [5.74, 6) is -0.713. The van der Waals surface area contributed by atoms with Gasteiger partial charge in [-0.2, -0.15) is 9.30 Å². The fourth-order valence-electron chi connectivity index (χ4n) is 5.95. The normalized spacial score (nSPS) is 23.0. The molecule has 1 saturated carbocycles. The van der Waals surface area contributed by atoms with Gasteiger partial charge in [-0.25, -0.2) is 18.2 Å². The van der Waals surface area contributed by atoms with Gasteiger partial charge in [0.25, 0.3) is 0 Å². The lowest BCUT2D eigenvalue weighted by molar-refractivity contribution is -0.142. The topological polar surface area (TPSA) is 150 Å². The standard InChI is InChI=1S/C32H40ClN5O7S2/c1-32(2,3)45-31(42)34-19-21-16-29(39)38(20-21)23-6-10-26(11-7-23)47(43,44)37-14-12-36(13-15-37)28-18-25(17-27(33)35-28)46-24-8-4-22(5-9-24)30(40)41/h6-7,10-11,17-19,21-22,24H,4-5,8-9,12-16,20H2,1-3H3,(H,40,41). The van der Waals surface area contributed by atoms with E-state index in [0.29, 0.717) is 54.4 Å². The molecule has 0 radical (unpaired) electrons. The molecule has 1 aromatic carbocycles. The number of carbonyl (C=O) groups excluding carboxylic acids is 2. The van der Waals surface area contributed by atoms with Crippen molar-refractivity contribution in [1.82, 2.24) is 9.29 Å². The number of piperazine rings is 1. The van der Waals surface area contributed by atoms with Gasteiger partial charge >= 0.3 is 12.1 Å². The lowest BCUT2D eigenvalue weighted by Gasteiger charge is -2.35. The van der Waals surface area contributed by atoms with Crippen molar-refractivity contribution in [2.45, 2.75) is 73.5 Å². The smallest absolute Gasteiger partial charge is 0.433 e. The second kappa shape index (κ2) is 14.5. The molecule has 2 aliphatic heterocycles. The van der Waals surface area contributed by atoms with Crippen LogP contribution < -0.4 is 9.80 Å². The molecule has 3 heterocycles. The van der Waals surface area contributed by atoms with Crippen LogP contribution in [-0.2, 0) is 24.3 Å². The number of hydrogen-bond donors (Lipinski definition) is 1. The first kappa shape index (κ1) is 35.1. The van der Waals surface area contributed by atoms with Crippen molar-refractivity contribution in [3.63, 3.8) is 0 Å². The maximum atomic E-state index is 13.5. The second-order valence-corrected chi connectivity index (χ2v) is 16.7. The van der Waals surface area contributed by atoms with Gasteiger partial charge in [0.1, 0.15) is 16.6 Å². The Morgan fingerprint density at radius 3 is 2.34 bits per heavy atom. The number of hydrogen-bond acceptors (Lipinski definition) is 9. The van der Waals surface area contributed by atoms with Crippen LogP contribution in [0.3, 0.4) is 0 Å². The lowest BCUT2D eigenvalue weighted by atomic mass is 9.89. The minimum absolute atomic E-state index is 0.140. The zero-order chi connectivity index (χ0) is 33.9. The highest BCUT2D eigenvalue weighted by Gasteiger charge is 2.33. The van der Waals surface area contributed by atoms with E-state index in [2.05, 4.69) is 9.98 Å². The number of sulfonamides is 1. The minimum atomic E-state index is -3.77. The molecule has 1 unspecified atom stereocenters.